The summed E-state index contributed by atoms with van der Waals surface area (Å²) in [5, 5.41) is 0.645. The molecular weight excluding hydrogens is 457 g/mol. The highest BCUT2D eigenvalue weighted by molar-refractivity contribution is 7.86. The molecule has 0 bridgehead atoms. The molecule has 1 unspecified atom stereocenters. The molecule has 0 saturated carbocycles. The Kier molecular flexibility index (Phi) is 4.99. The lowest BCUT2D eigenvalue weighted by molar-refractivity contribution is 0.0290. The molecule has 2 aromatic carbocycles. The van der Waals surface area contributed by atoms with Crippen LogP contribution in [0, 0.1) is 12.7 Å². The normalized spacial score (nSPS) is 15.8. The van der Waals surface area contributed by atoms with Gasteiger partial charge >= 0.3 is 0 Å². The molecule has 166 valence electrons. The summed E-state index contributed by atoms with van der Waals surface area (Å²) >= 11 is 1.36. The summed E-state index contributed by atoms with van der Waals surface area (Å²) in [4.78, 5) is 13.6. The van der Waals surface area contributed by atoms with Crippen LogP contribution in [-0.4, -0.2) is 42.5 Å². The van der Waals surface area contributed by atoms with E-state index in [9.17, 15) is 12.8 Å². The zero-order valence-electron chi connectivity index (χ0n) is 17.4. The maximum absolute atomic E-state index is 14.7. The highest BCUT2D eigenvalue weighted by atomic mass is 32.2. The second-order valence-corrected chi connectivity index (χ2v) is 10.2. The molecule has 0 spiro atoms. The lowest BCUT2D eigenvalue weighted by atomic mass is 10.1. The van der Waals surface area contributed by atoms with Gasteiger partial charge in [-0.2, -0.15) is 8.42 Å². The zero-order valence-corrected chi connectivity index (χ0v) is 19.0. The molecule has 2 aromatic heterocycles. The number of nitrogens with zero attached hydrogens (tertiary/aromatic N) is 3. The topological polar surface area (TPSA) is 101 Å². The van der Waals surface area contributed by atoms with Crippen LogP contribution >= 0.6 is 11.3 Å². The van der Waals surface area contributed by atoms with Crippen molar-refractivity contribution >= 4 is 42.7 Å². The number of aromatic nitrogens is 3. The molecule has 0 saturated heterocycles. The Morgan fingerprint density at radius 1 is 1.25 bits per heavy atom. The van der Waals surface area contributed by atoms with Gasteiger partial charge in [-0.15, -0.1) is 11.3 Å². The number of ether oxygens (including phenoxy) is 2. The van der Waals surface area contributed by atoms with Gasteiger partial charge in [-0.25, -0.2) is 23.5 Å². The van der Waals surface area contributed by atoms with E-state index in [1.54, 1.807) is 0 Å². The summed E-state index contributed by atoms with van der Waals surface area (Å²) in [5.74, 6) is -0.396. The van der Waals surface area contributed by atoms with E-state index in [-0.39, 0.29) is 17.9 Å². The lowest BCUT2D eigenvalue weighted by Crippen LogP contribution is -2.23. The molecule has 0 amide bonds. The minimum absolute atomic E-state index is 0.00244. The van der Waals surface area contributed by atoms with Gasteiger partial charge in [0.2, 0.25) is 12.2 Å². The zero-order chi connectivity index (χ0) is 22.6. The van der Waals surface area contributed by atoms with E-state index in [2.05, 4.69) is 15.0 Å². The first-order chi connectivity index (χ1) is 15.3. The van der Waals surface area contributed by atoms with Crippen LogP contribution in [0.5, 0.6) is 11.6 Å². The third-order valence-corrected chi connectivity index (χ3v) is 7.50. The van der Waals surface area contributed by atoms with Gasteiger partial charge in [0, 0.05) is 23.6 Å². The van der Waals surface area contributed by atoms with Gasteiger partial charge in [0.1, 0.15) is 5.01 Å². The smallest absolute Gasteiger partial charge is 0.270 e. The van der Waals surface area contributed by atoms with Gasteiger partial charge < -0.3 is 9.47 Å². The molecule has 0 aliphatic carbocycles. The van der Waals surface area contributed by atoms with Crippen LogP contribution in [0.15, 0.2) is 24.4 Å². The molecular formula is C21H18FN3O5S2. The Labute approximate surface area is 187 Å². The number of benzene rings is 2. The number of hydrogen-bond acceptors (Lipinski definition) is 9. The SMILES string of the molecule is CCS(=O)(=O)OC1Cc2c(c(F)cc3nc(-c4cc(C)cc5nc(OC)cnc45)sc23)O1. The summed E-state index contributed by atoms with van der Waals surface area (Å²) in [6, 6.07) is 5.15. The standard InChI is InChI=1S/C21H18FN3O5S2/c1-4-32(26,27)30-17-7-12-19(29-17)13(22)8-15-20(12)31-21(25-15)11-5-10(2)6-14-18(11)23-9-16(24-14)28-3/h5-6,8-9,17H,4,7H2,1-3H3. The van der Waals surface area contributed by atoms with Gasteiger partial charge in [0.15, 0.2) is 11.6 Å². The molecule has 1 atom stereocenters. The fourth-order valence-electron chi connectivity index (χ4n) is 3.64. The van der Waals surface area contributed by atoms with E-state index in [1.165, 1.54) is 37.6 Å². The van der Waals surface area contributed by atoms with Crippen LogP contribution in [0.2, 0.25) is 0 Å². The van der Waals surface area contributed by atoms with Crippen molar-refractivity contribution in [2.75, 3.05) is 12.9 Å². The number of hydrogen-bond donors (Lipinski definition) is 0. The van der Waals surface area contributed by atoms with Crippen LogP contribution in [0.1, 0.15) is 18.1 Å². The van der Waals surface area contributed by atoms with Gasteiger partial charge in [-0.1, -0.05) is 0 Å². The first-order valence-electron chi connectivity index (χ1n) is 9.79. The average molecular weight is 476 g/mol. The van der Waals surface area contributed by atoms with Crippen LogP contribution in [0.3, 0.4) is 0 Å². The first-order valence-corrected chi connectivity index (χ1v) is 12.2. The third-order valence-electron chi connectivity index (χ3n) is 5.12. The van der Waals surface area contributed by atoms with Crippen molar-refractivity contribution in [3.05, 3.63) is 41.3 Å². The molecule has 8 nitrogen and oxygen atoms in total. The largest absolute Gasteiger partial charge is 0.480 e. The number of thiazole rings is 1. The molecule has 1 aliphatic rings. The van der Waals surface area contributed by atoms with E-state index < -0.39 is 22.2 Å². The summed E-state index contributed by atoms with van der Waals surface area (Å²) < 4.78 is 54.8. The Bertz CT molecular complexity index is 1490. The maximum Gasteiger partial charge on any atom is 0.270 e. The van der Waals surface area contributed by atoms with E-state index in [4.69, 9.17) is 13.7 Å². The highest BCUT2D eigenvalue weighted by Crippen LogP contribution is 2.43. The van der Waals surface area contributed by atoms with Gasteiger partial charge in [0.05, 0.1) is 40.3 Å². The van der Waals surface area contributed by atoms with Crippen molar-refractivity contribution in [1.82, 2.24) is 15.0 Å². The molecule has 0 N–H and O–H groups in total. The number of fused-ring (bicyclic) bond motifs is 4. The number of aryl methyl sites for hydroxylation is 1. The maximum atomic E-state index is 14.7. The van der Waals surface area contributed by atoms with Crippen LogP contribution in [-0.2, 0) is 20.7 Å². The van der Waals surface area contributed by atoms with Crippen molar-refractivity contribution < 1.29 is 26.5 Å². The monoisotopic (exact) mass is 475 g/mol. The van der Waals surface area contributed by atoms with Crippen molar-refractivity contribution in [3.8, 4) is 22.2 Å². The third kappa shape index (κ3) is 3.55. The predicted molar refractivity (Wildman–Crippen MR) is 118 cm³/mol. The van der Waals surface area contributed by atoms with Gasteiger partial charge in [-0.3, -0.25) is 0 Å². The lowest BCUT2D eigenvalue weighted by Gasteiger charge is -2.10. The summed E-state index contributed by atoms with van der Waals surface area (Å²) in [7, 11) is -2.22. The fourth-order valence-corrected chi connectivity index (χ4v) is 5.32. The van der Waals surface area contributed by atoms with Crippen molar-refractivity contribution in [2.45, 2.75) is 26.6 Å². The second-order valence-electron chi connectivity index (χ2n) is 7.32. The molecule has 3 heterocycles. The van der Waals surface area contributed by atoms with E-state index in [0.29, 0.717) is 37.7 Å². The molecule has 4 aromatic rings. The molecule has 11 heteroatoms. The molecule has 0 fully saturated rings. The van der Waals surface area contributed by atoms with Crippen LogP contribution < -0.4 is 9.47 Å². The quantitative estimate of drug-likeness (QED) is 0.400. The van der Waals surface area contributed by atoms with E-state index in [1.807, 2.05) is 19.1 Å². The van der Waals surface area contributed by atoms with Crippen molar-refractivity contribution in [3.63, 3.8) is 0 Å². The Morgan fingerprint density at radius 3 is 2.81 bits per heavy atom. The average Bonchev–Trinajstić information content (AvgIpc) is 3.36. The van der Waals surface area contributed by atoms with Gasteiger partial charge in [-0.05, 0) is 31.5 Å². The second kappa shape index (κ2) is 7.61. The Morgan fingerprint density at radius 2 is 2.06 bits per heavy atom. The number of methoxy groups -OCH3 is 1. The van der Waals surface area contributed by atoms with E-state index in [0.717, 1.165) is 11.1 Å². The number of halogens is 1. The highest BCUT2D eigenvalue weighted by Gasteiger charge is 2.33. The minimum atomic E-state index is -3.74. The van der Waals surface area contributed by atoms with E-state index >= 15 is 0 Å². The molecule has 5 rings (SSSR count). The number of rotatable bonds is 5. The minimum Gasteiger partial charge on any atom is -0.480 e. The first kappa shape index (κ1) is 21.0. The predicted octanol–water partition coefficient (Wildman–Crippen LogP) is 3.99. The summed E-state index contributed by atoms with van der Waals surface area (Å²) in [5.41, 5.74) is 4.05. The molecule has 1 aliphatic heterocycles. The van der Waals surface area contributed by atoms with Crippen molar-refractivity contribution in [1.29, 1.82) is 0 Å². The molecule has 0 radical (unpaired) electrons. The Hall–Kier alpha value is -2.89. The van der Waals surface area contributed by atoms with Gasteiger partial charge in [0.25, 0.3) is 10.1 Å². The van der Waals surface area contributed by atoms with Crippen molar-refractivity contribution in [2.24, 2.45) is 0 Å². The molecule has 32 heavy (non-hydrogen) atoms. The Balaban J connectivity index is 1.62. The summed E-state index contributed by atoms with van der Waals surface area (Å²) in [6.07, 6.45) is 0.546. The van der Waals surface area contributed by atoms with Crippen LogP contribution in [0.25, 0.3) is 31.8 Å². The summed E-state index contributed by atoms with van der Waals surface area (Å²) in [6.45, 7) is 3.41. The fraction of sp³-hybridized carbons (Fsp3) is 0.286. The van der Waals surface area contributed by atoms with Crippen LogP contribution in [0.4, 0.5) is 4.39 Å².